The Bertz CT molecular complexity index is 613. The van der Waals surface area contributed by atoms with Crippen LogP contribution in [0.1, 0.15) is 59.3 Å². The summed E-state index contributed by atoms with van der Waals surface area (Å²) < 4.78 is 5.97. The van der Waals surface area contributed by atoms with Gasteiger partial charge in [-0.05, 0) is 74.2 Å². The molecule has 0 radical (unpaired) electrons. The van der Waals surface area contributed by atoms with Gasteiger partial charge in [0.25, 0.3) is 0 Å². The molecule has 4 aliphatic carbocycles. The fourth-order valence-electron chi connectivity index (χ4n) is 7.24. The van der Waals surface area contributed by atoms with E-state index >= 15 is 0 Å². The fraction of sp³-hybridized carbons (Fsp3) is 0.810. The van der Waals surface area contributed by atoms with Gasteiger partial charge in [-0.1, -0.05) is 31.6 Å². The minimum atomic E-state index is -0.166. The first-order valence-corrected chi connectivity index (χ1v) is 9.60. The van der Waals surface area contributed by atoms with Gasteiger partial charge in [0.1, 0.15) is 0 Å². The molecule has 2 saturated carbocycles. The second-order valence-electron chi connectivity index (χ2n) is 9.61. The number of hydrogen-bond donors (Lipinski definition) is 1. The summed E-state index contributed by atoms with van der Waals surface area (Å²) in [5.41, 5.74) is 3.53. The first kappa shape index (κ1) is 14.7. The molecular formula is C21H30O2. The van der Waals surface area contributed by atoms with Gasteiger partial charge < -0.3 is 9.84 Å². The Kier molecular flexibility index (Phi) is 2.77. The van der Waals surface area contributed by atoms with Crippen LogP contribution in [-0.4, -0.2) is 23.4 Å². The Hall–Kier alpha value is -0.600. The molecule has 0 aromatic carbocycles. The number of ether oxygens (including phenoxy) is 1. The van der Waals surface area contributed by atoms with E-state index in [1.54, 1.807) is 0 Å². The average Bonchev–Trinajstić information content (AvgIpc) is 3.22. The third kappa shape index (κ3) is 1.67. The van der Waals surface area contributed by atoms with Crippen molar-refractivity contribution in [2.75, 3.05) is 6.61 Å². The summed E-state index contributed by atoms with van der Waals surface area (Å²) in [5.74, 6) is 1.83. The predicted molar refractivity (Wildman–Crippen MR) is 90.9 cm³/mol. The van der Waals surface area contributed by atoms with Crippen molar-refractivity contribution >= 4 is 0 Å². The van der Waals surface area contributed by atoms with Crippen LogP contribution in [0.2, 0.25) is 0 Å². The molecule has 1 heterocycles. The third-order valence-electron chi connectivity index (χ3n) is 8.68. The zero-order chi connectivity index (χ0) is 16.0. The molecular weight excluding hydrogens is 284 g/mol. The van der Waals surface area contributed by atoms with Gasteiger partial charge in [0, 0.05) is 5.41 Å². The summed E-state index contributed by atoms with van der Waals surface area (Å²) in [6.07, 6.45) is 11.8. The molecule has 126 valence electrons. The Balaban J connectivity index is 1.58. The van der Waals surface area contributed by atoms with E-state index in [-0.39, 0.29) is 22.5 Å². The van der Waals surface area contributed by atoms with Crippen LogP contribution in [0.15, 0.2) is 23.3 Å². The van der Waals surface area contributed by atoms with Crippen LogP contribution < -0.4 is 0 Å². The number of hydrogen-bond acceptors (Lipinski definition) is 2. The minimum Gasteiger partial charge on any atom is -0.393 e. The van der Waals surface area contributed by atoms with E-state index in [2.05, 4.69) is 32.9 Å². The lowest BCUT2D eigenvalue weighted by Gasteiger charge is -2.58. The maximum absolute atomic E-state index is 11.2. The van der Waals surface area contributed by atoms with Crippen molar-refractivity contribution in [3.8, 4) is 0 Å². The Morgan fingerprint density at radius 2 is 2.04 bits per heavy atom. The van der Waals surface area contributed by atoms with Gasteiger partial charge in [-0.25, -0.2) is 0 Å². The van der Waals surface area contributed by atoms with Crippen molar-refractivity contribution in [1.82, 2.24) is 0 Å². The van der Waals surface area contributed by atoms with Crippen LogP contribution in [-0.2, 0) is 4.74 Å². The molecule has 0 bridgehead atoms. The summed E-state index contributed by atoms with van der Waals surface area (Å²) in [4.78, 5) is 0. The highest BCUT2D eigenvalue weighted by Gasteiger charge is 2.71. The molecule has 0 aromatic rings. The van der Waals surface area contributed by atoms with Crippen LogP contribution in [0.5, 0.6) is 0 Å². The molecule has 7 atom stereocenters. The zero-order valence-electron chi connectivity index (χ0n) is 14.8. The maximum Gasteiger partial charge on any atom is 0.0973 e. The Morgan fingerprint density at radius 3 is 2.78 bits per heavy atom. The normalized spacial score (nSPS) is 57.2. The summed E-state index contributed by atoms with van der Waals surface area (Å²) >= 11 is 0. The summed E-state index contributed by atoms with van der Waals surface area (Å²) in [6, 6.07) is 0. The molecule has 1 N–H and O–H groups in total. The van der Waals surface area contributed by atoms with Crippen LogP contribution in [0.4, 0.5) is 0 Å². The fourth-order valence-corrected chi connectivity index (χ4v) is 7.24. The molecule has 0 aromatic heterocycles. The highest BCUT2D eigenvalue weighted by Crippen LogP contribution is 2.70. The lowest BCUT2D eigenvalue weighted by Crippen LogP contribution is -2.56. The van der Waals surface area contributed by atoms with Gasteiger partial charge in [0.2, 0.25) is 0 Å². The summed E-state index contributed by atoms with van der Waals surface area (Å²) in [5, 5.41) is 11.2. The van der Waals surface area contributed by atoms with Gasteiger partial charge in [-0.2, -0.15) is 0 Å². The highest BCUT2D eigenvalue weighted by atomic mass is 16.6. The van der Waals surface area contributed by atoms with Crippen molar-refractivity contribution < 1.29 is 9.84 Å². The van der Waals surface area contributed by atoms with Gasteiger partial charge >= 0.3 is 0 Å². The molecule has 23 heavy (non-hydrogen) atoms. The summed E-state index contributed by atoms with van der Waals surface area (Å²) in [6.45, 7) is 8.04. The lowest BCUT2D eigenvalue weighted by molar-refractivity contribution is -0.121. The van der Waals surface area contributed by atoms with Crippen molar-refractivity contribution in [1.29, 1.82) is 0 Å². The van der Waals surface area contributed by atoms with E-state index in [0.29, 0.717) is 11.8 Å². The molecule has 1 saturated heterocycles. The van der Waals surface area contributed by atoms with E-state index < -0.39 is 0 Å². The number of aliphatic hydroxyl groups excluding tert-OH is 1. The smallest absolute Gasteiger partial charge is 0.0973 e. The molecule has 0 amide bonds. The first-order valence-electron chi connectivity index (χ1n) is 9.60. The monoisotopic (exact) mass is 314 g/mol. The topological polar surface area (TPSA) is 32.8 Å². The molecule has 5 aliphatic rings. The molecule has 5 rings (SSSR count). The van der Waals surface area contributed by atoms with Gasteiger partial charge in [0.15, 0.2) is 0 Å². The highest BCUT2D eigenvalue weighted by molar-refractivity contribution is 5.37. The van der Waals surface area contributed by atoms with E-state index in [9.17, 15) is 5.11 Å². The van der Waals surface area contributed by atoms with Gasteiger partial charge in [-0.15, -0.1) is 0 Å². The van der Waals surface area contributed by atoms with Crippen LogP contribution >= 0.6 is 0 Å². The van der Waals surface area contributed by atoms with E-state index in [1.807, 2.05) is 0 Å². The van der Waals surface area contributed by atoms with Crippen LogP contribution in [0, 0.1) is 28.6 Å². The number of aliphatic hydroxyl groups is 1. The predicted octanol–water partition coefficient (Wildman–Crippen LogP) is 4.25. The number of rotatable bonds is 0. The number of epoxide rings is 1. The van der Waals surface area contributed by atoms with Crippen molar-refractivity contribution in [3.05, 3.63) is 23.3 Å². The SMILES string of the molecule is CC1=CC2=CCC3C([C@H](O)CC4(C)C3CC[C@@]43CO3)C2(C)CC1. The molecule has 1 spiro atoms. The van der Waals surface area contributed by atoms with Crippen molar-refractivity contribution in [2.24, 2.45) is 28.6 Å². The van der Waals surface area contributed by atoms with Crippen LogP contribution in [0.3, 0.4) is 0 Å². The van der Waals surface area contributed by atoms with Crippen molar-refractivity contribution in [3.63, 3.8) is 0 Å². The second-order valence-corrected chi connectivity index (χ2v) is 9.61. The number of allylic oxidation sites excluding steroid dienone is 4. The second kappa shape index (κ2) is 4.32. The molecule has 3 fully saturated rings. The minimum absolute atomic E-state index is 0.123. The number of fused-ring (bicyclic) bond motifs is 6. The zero-order valence-corrected chi connectivity index (χ0v) is 14.8. The average molecular weight is 314 g/mol. The van der Waals surface area contributed by atoms with Crippen molar-refractivity contribution in [2.45, 2.75) is 71.0 Å². The molecule has 2 heteroatoms. The lowest BCUT2D eigenvalue weighted by atomic mass is 9.47. The van der Waals surface area contributed by atoms with Gasteiger partial charge in [-0.3, -0.25) is 0 Å². The third-order valence-corrected chi connectivity index (χ3v) is 8.68. The Labute approximate surface area is 140 Å². The molecule has 5 unspecified atom stereocenters. The summed E-state index contributed by atoms with van der Waals surface area (Å²) in [7, 11) is 0. The largest absolute Gasteiger partial charge is 0.393 e. The quantitative estimate of drug-likeness (QED) is 0.678. The van der Waals surface area contributed by atoms with Gasteiger partial charge in [0.05, 0.1) is 18.3 Å². The van der Waals surface area contributed by atoms with E-state index in [1.165, 1.54) is 36.8 Å². The maximum atomic E-state index is 11.2. The first-order chi connectivity index (χ1) is 10.9. The van der Waals surface area contributed by atoms with Crippen LogP contribution in [0.25, 0.3) is 0 Å². The van der Waals surface area contributed by atoms with E-state index in [0.717, 1.165) is 25.4 Å². The Morgan fingerprint density at radius 1 is 1.26 bits per heavy atom. The van der Waals surface area contributed by atoms with E-state index in [4.69, 9.17) is 4.74 Å². The molecule has 2 nitrogen and oxygen atoms in total. The molecule has 1 aliphatic heterocycles. The standard InChI is InChI=1S/C21H30O2/c1-13-6-8-19(2)14(10-13)4-5-15-16-7-9-21(12-23-21)20(16,3)11-17(22)18(15)19/h4,10,15-18,22H,5-9,11-12H2,1-3H3/t15?,16?,17-,18?,19?,20?,21-/m1/s1.